The summed E-state index contributed by atoms with van der Waals surface area (Å²) in [5.41, 5.74) is 0.482. The molecule has 1 aromatic carbocycles. The molecule has 1 heterocycles. The summed E-state index contributed by atoms with van der Waals surface area (Å²) >= 11 is 3.07. The molecule has 0 unspecified atom stereocenters. The number of hydrogen-bond acceptors (Lipinski definition) is 3. The predicted octanol–water partition coefficient (Wildman–Crippen LogP) is 1.43. The van der Waals surface area contributed by atoms with E-state index < -0.39 is 0 Å². The van der Waals surface area contributed by atoms with Gasteiger partial charge in [-0.2, -0.15) is 0 Å². The minimum Gasteiger partial charge on any atom is -0.325 e. The molecule has 0 atom stereocenters. The van der Waals surface area contributed by atoms with Crippen LogP contribution < -0.4 is 10.6 Å². The zero-order valence-electron chi connectivity index (χ0n) is 9.88. The first-order valence-electron chi connectivity index (χ1n) is 5.83. The van der Waals surface area contributed by atoms with Crippen LogP contribution in [0, 0.1) is 5.82 Å². The van der Waals surface area contributed by atoms with E-state index >= 15 is 0 Å². The van der Waals surface area contributed by atoms with Crippen molar-refractivity contribution in [2.45, 2.75) is 0 Å². The Morgan fingerprint density at radius 2 is 2.17 bits per heavy atom. The average molecular weight is 316 g/mol. The highest BCUT2D eigenvalue weighted by Gasteiger charge is 2.13. The number of benzene rings is 1. The van der Waals surface area contributed by atoms with Gasteiger partial charge in [0.1, 0.15) is 5.82 Å². The summed E-state index contributed by atoms with van der Waals surface area (Å²) in [5.74, 6) is -0.492. The molecule has 0 saturated carbocycles. The molecule has 98 valence electrons. The van der Waals surface area contributed by atoms with E-state index in [-0.39, 0.29) is 11.7 Å². The van der Waals surface area contributed by atoms with Crippen molar-refractivity contribution in [3.8, 4) is 0 Å². The molecular formula is C12H15BrFN3O. The van der Waals surface area contributed by atoms with Crippen molar-refractivity contribution in [1.82, 2.24) is 10.2 Å². The lowest BCUT2D eigenvalue weighted by molar-refractivity contribution is -0.117. The molecule has 18 heavy (non-hydrogen) atoms. The van der Waals surface area contributed by atoms with E-state index in [2.05, 4.69) is 31.5 Å². The number of anilines is 1. The van der Waals surface area contributed by atoms with Crippen LogP contribution in [0.25, 0.3) is 0 Å². The van der Waals surface area contributed by atoms with Gasteiger partial charge in [0.15, 0.2) is 0 Å². The Morgan fingerprint density at radius 1 is 1.44 bits per heavy atom. The number of rotatable bonds is 3. The number of hydrogen-bond donors (Lipinski definition) is 2. The van der Waals surface area contributed by atoms with Crippen molar-refractivity contribution in [3.63, 3.8) is 0 Å². The fraction of sp³-hybridized carbons (Fsp3) is 0.417. The zero-order chi connectivity index (χ0) is 13.0. The second-order valence-corrected chi connectivity index (χ2v) is 5.06. The predicted molar refractivity (Wildman–Crippen MR) is 72.0 cm³/mol. The lowest BCUT2D eigenvalue weighted by Crippen LogP contribution is -2.46. The summed E-state index contributed by atoms with van der Waals surface area (Å²) in [6.45, 7) is 3.88. The van der Waals surface area contributed by atoms with E-state index in [9.17, 15) is 9.18 Å². The average Bonchev–Trinajstić information content (AvgIpc) is 2.35. The fourth-order valence-electron chi connectivity index (χ4n) is 1.85. The number of piperazine rings is 1. The van der Waals surface area contributed by atoms with Crippen LogP contribution in [0.15, 0.2) is 22.7 Å². The van der Waals surface area contributed by atoms with Gasteiger partial charge in [0, 0.05) is 31.9 Å². The zero-order valence-corrected chi connectivity index (χ0v) is 11.5. The van der Waals surface area contributed by atoms with Gasteiger partial charge in [0.2, 0.25) is 5.91 Å². The van der Waals surface area contributed by atoms with Crippen molar-refractivity contribution in [2.24, 2.45) is 0 Å². The third-order valence-electron chi connectivity index (χ3n) is 2.78. The smallest absolute Gasteiger partial charge is 0.238 e. The largest absolute Gasteiger partial charge is 0.325 e. The first-order valence-corrected chi connectivity index (χ1v) is 6.62. The van der Waals surface area contributed by atoms with Crippen LogP contribution in [-0.2, 0) is 4.79 Å². The van der Waals surface area contributed by atoms with Gasteiger partial charge in [-0.25, -0.2) is 4.39 Å². The van der Waals surface area contributed by atoms with Crippen LogP contribution in [0.5, 0.6) is 0 Å². The topological polar surface area (TPSA) is 44.4 Å². The summed E-state index contributed by atoms with van der Waals surface area (Å²) in [5, 5.41) is 5.92. The van der Waals surface area contributed by atoms with Gasteiger partial charge >= 0.3 is 0 Å². The molecule has 0 aliphatic carbocycles. The monoisotopic (exact) mass is 315 g/mol. The molecule has 1 aromatic rings. The van der Waals surface area contributed by atoms with E-state index in [1.54, 1.807) is 12.1 Å². The van der Waals surface area contributed by atoms with E-state index in [1.165, 1.54) is 6.07 Å². The van der Waals surface area contributed by atoms with Crippen LogP contribution in [0.2, 0.25) is 0 Å². The van der Waals surface area contributed by atoms with Gasteiger partial charge in [-0.3, -0.25) is 9.69 Å². The molecule has 1 aliphatic rings. The van der Waals surface area contributed by atoms with Crippen LogP contribution >= 0.6 is 15.9 Å². The fourth-order valence-corrected chi connectivity index (χ4v) is 2.09. The van der Waals surface area contributed by atoms with Gasteiger partial charge < -0.3 is 10.6 Å². The summed E-state index contributed by atoms with van der Waals surface area (Å²) < 4.78 is 13.7. The molecule has 2 rings (SSSR count). The molecule has 0 bridgehead atoms. The molecule has 2 N–H and O–H groups in total. The highest BCUT2D eigenvalue weighted by Crippen LogP contribution is 2.19. The third kappa shape index (κ3) is 3.76. The molecule has 1 saturated heterocycles. The van der Waals surface area contributed by atoms with E-state index in [4.69, 9.17) is 0 Å². The molecule has 1 aliphatic heterocycles. The van der Waals surface area contributed by atoms with Gasteiger partial charge in [0.05, 0.1) is 11.0 Å². The molecule has 1 amide bonds. The molecule has 0 aromatic heterocycles. The lowest BCUT2D eigenvalue weighted by atomic mass is 10.3. The Labute approximate surface area is 114 Å². The number of nitrogens with zero attached hydrogens (tertiary/aromatic N) is 1. The molecule has 1 fully saturated rings. The van der Waals surface area contributed by atoms with Crippen molar-refractivity contribution in [1.29, 1.82) is 0 Å². The quantitative estimate of drug-likeness (QED) is 0.887. The molecule has 0 spiro atoms. The maximum atomic E-state index is 13.3. The summed E-state index contributed by atoms with van der Waals surface area (Å²) in [6.07, 6.45) is 0. The standard InChI is InChI=1S/C12H15BrFN3O/c13-10-2-1-9(7-11(10)14)16-12(18)8-17-5-3-15-4-6-17/h1-2,7,15H,3-6,8H2,(H,16,18). The maximum Gasteiger partial charge on any atom is 0.238 e. The Balaban J connectivity index is 1.88. The van der Waals surface area contributed by atoms with Crippen molar-refractivity contribution >= 4 is 27.5 Å². The molecule has 6 heteroatoms. The Hall–Kier alpha value is -0.980. The first-order chi connectivity index (χ1) is 8.65. The SMILES string of the molecule is O=C(CN1CCNCC1)Nc1ccc(Br)c(F)c1. The maximum absolute atomic E-state index is 13.3. The summed E-state index contributed by atoms with van der Waals surface area (Å²) in [7, 11) is 0. The van der Waals surface area contributed by atoms with Gasteiger partial charge in [0.25, 0.3) is 0 Å². The van der Waals surface area contributed by atoms with Crippen molar-refractivity contribution in [3.05, 3.63) is 28.5 Å². The lowest BCUT2D eigenvalue weighted by Gasteiger charge is -2.26. The van der Waals surface area contributed by atoms with Gasteiger partial charge in [-0.1, -0.05) is 0 Å². The Bertz CT molecular complexity index is 435. The second kappa shape index (κ2) is 6.26. The second-order valence-electron chi connectivity index (χ2n) is 4.20. The van der Waals surface area contributed by atoms with E-state index in [0.717, 1.165) is 26.2 Å². The Morgan fingerprint density at radius 3 is 2.83 bits per heavy atom. The number of amides is 1. The number of halogens is 2. The van der Waals surface area contributed by atoms with E-state index in [1.807, 2.05) is 0 Å². The van der Waals surface area contributed by atoms with Gasteiger partial charge in [-0.05, 0) is 34.1 Å². The molecular weight excluding hydrogens is 301 g/mol. The minimum absolute atomic E-state index is 0.112. The first kappa shape index (κ1) is 13.5. The van der Waals surface area contributed by atoms with Gasteiger partial charge in [-0.15, -0.1) is 0 Å². The Kier molecular flexibility index (Phi) is 4.68. The summed E-state index contributed by atoms with van der Waals surface area (Å²) in [6, 6.07) is 4.55. The molecule has 0 radical (unpaired) electrons. The number of carbonyl (C=O) groups is 1. The number of nitrogens with one attached hydrogen (secondary N) is 2. The van der Waals surface area contributed by atoms with E-state index in [0.29, 0.717) is 16.7 Å². The third-order valence-corrected chi connectivity index (χ3v) is 3.42. The van der Waals surface area contributed by atoms with Crippen LogP contribution in [0.4, 0.5) is 10.1 Å². The van der Waals surface area contributed by atoms with Crippen molar-refractivity contribution < 1.29 is 9.18 Å². The highest BCUT2D eigenvalue weighted by molar-refractivity contribution is 9.10. The normalized spacial score (nSPS) is 16.6. The van der Waals surface area contributed by atoms with Crippen LogP contribution in [0.3, 0.4) is 0 Å². The van der Waals surface area contributed by atoms with Crippen molar-refractivity contribution in [2.75, 3.05) is 38.0 Å². The molecule has 4 nitrogen and oxygen atoms in total. The minimum atomic E-state index is -0.380. The van der Waals surface area contributed by atoms with Crippen LogP contribution in [-0.4, -0.2) is 43.5 Å². The number of carbonyl (C=O) groups excluding carboxylic acids is 1. The van der Waals surface area contributed by atoms with Crippen LogP contribution in [0.1, 0.15) is 0 Å². The highest BCUT2D eigenvalue weighted by atomic mass is 79.9. The summed E-state index contributed by atoms with van der Waals surface area (Å²) in [4.78, 5) is 13.8.